The molecule has 0 aliphatic heterocycles. The molecular weight excluding hydrogens is 229 g/mol. The van der Waals surface area contributed by atoms with Gasteiger partial charge in [0.2, 0.25) is 0 Å². The van der Waals surface area contributed by atoms with Crippen molar-refractivity contribution in [2.75, 3.05) is 6.61 Å². The summed E-state index contributed by atoms with van der Waals surface area (Å²) in [7, 11) is 0. The Morgan fingerprint density at radius 1 is 1.53 bits per heavy atom. The number of nitrogens with zero attached hydrogens (tertiary/aromatic N) is 1. The van der Waals surface area contributed by atoms with Crippen molar-refractivity contribution in [3.8, 4) is 5.75 Å². The molecule has 0 amide bonds. The molecule has 17 heavy (non-hydrogen) atoms. The zero-order valence-corrected chi connectivity index (χ0v) is 9.31. The molecule has 0 radical (unpaired) electrons. The maximum absolute atomic E-state index is 12.8. The summed E-state index contributed by atoms with van der Waals surface area (Å²) in [6.07, 6.45) is 1.04. The summed E-state index contributed by atoms with van der Waals surface area (Å²) >= 11 is 0. The van der Waals surface area contributed by atoms with E-state index in [-0.39, 0.29) is 18.1 Å². The summed E-state index contributed by atoms with van der Waals surface area (Å²) in [4.78, 5) is 21.1. The first kappa shape index (κ1) is 13.1. The fourth-order valence-corrected chi connectivity index (χ4v) is 1.26. The topological polar surface area (TPSA) is 69.4 Å². The number of hydrogen-bond acceptors (Lipinski definition) is 4. The summed E-state index contributed by atoms with van der Waals surface area (Å²) < 4.78 is 17.8. The Kier molecular flexibility index (Phi) is 4.56. The molecular formula is C11H12FNO4. The highest BCUT2D eigenvalue weighted by Crippen LogP contribution is 2.27. The molecule has 0 saturated heterocycles. The summed E-state index contributed by atoms with van der Waals surface area (Å²) in [6.45, 7) is 1.61. The average Bonchev–Trinajstić information content (AvgIpc) is 2.27. The third kappa shape index (κ3) is 3.82. The van der Waals surface area contributed by atoms with Crippen LogP contribution in [0.25, 0.3) is 0 Å². The Labute approximate surface area is 97.3 Å². The molecule has 0 aromatic heterocycles. The number of nitro benzene ring substituents is 1. The van der Waals surface area contributed by atoms with Gasteiger partial charge in [-0.05, 0) is 18.6 Å². The largest absolute Gasteiger partial charge is 0.479 e. The van der Waals surface area contributed by atoms with Gasteiger partial charge in [-0.1, -0.05) is 6.92 Å². The summed E-state index contributed by atoms with van der Waals surface area (Å²) in [5.74, 6) is -0.962. The van der Waals surface area contributed by atoms with Crippen LogP contribution in [0.2, 0.25) is 0 Å². The minimum absolute atomic E-state index is 0.0964. The van der Waals surface area contributed by atoms with Gasteiger partial charge in [0.15, 0.2) is 11.5 Å². The molecule has 6 heteroatoms. The first-order valence-electron chi connectivity index (χ1n) is 5.13. The number of Topliss-reactive ketones (excluding diaryl/α,β-unsaturated/α-hetero) is 1. The molecule has 0 heterocycles. The molecule has 0 unspecified atom stereocenters. The van der Waals surface area contributed by atoms with Crippen molar-refractivity contribution in [2.24, 2.45) is 0 Å². The number of ether oxygens (including phenoxy) is 1. The Hall–Kier alpha value is -1.98. The van der Waals surface area contributed by atoms with Gasteiger partial charge < -0.3 is 4.74 Å². The fourth-order valence-electron chi connectivity index (χ4n) is 1.26. The Morgan fingerprint density at radius 3 is 2.82 bits per heavy atom. The number of benzene rings is 1. The number of rotatable bonds is 6. The fraction of sp³-hybridized carbons (Fsp3) is 0.364. The van der Waals surface area contributed by atoms with Crippen LogP contribution >= 0.6 is 0 Å². The van der Waals surface area contributed by atoms with Crippen molar-refractivity contribution < 1.29 is 18.8 Å². The molecule has 0 aliphatic rings. The Balaban J connectivity index is 2.77. The predicted molar refractivity (Wildman–Crippen MR) is 58.5 cm³/mol. The summed E-state index contributed by atoms with van der Waals surface area (Å²) in [5, 5.41) is 10.6. The zero-order valence-electron chi connectivity index (χ0n) is 9.31. The van der Waals surface area contributed by atoms with E-state index in [0.29, 0.717) is 12.8 Å². The number of nitro groups is 1. The average molecular weight is 241 g/mol. The quantitative estimate of drug-likeness (QED) is 0.566. The molecule has 0 fully saturated rings. The summed E-state index contributed by atoms with van der Waals surface area (Å²) in [5.41, 5.74) is -0.478. The van der Waals surface area contributed by atoms with Crippen molar-refractivity contribution in [2.45, 2.75) is 19.8 Å². The number of carbonyl (C=O) groups excluding carboxylic acids is 1. The van der Waals surface area contributed by atoms with Gasteiger partial charge in [-0.2, -0.15) is 0 Å². The highest BCUT2D eigenvalue weighted by molar-refractivity contribution is 5.80. The third-order valence-corrected chi connectivity index (χ3v) is 2.04. The van der Waals surface area contributed by atoms with E-state index in [1.807, 2.05) is 6.92 Å². The van der Waals surface area contributed by atoms with Gasteiger partial charge in [0.05, 0.1) is 11.0 Å². The van der Waals surface area contributed by atoms with Crippen LogP contribution in [0.5, 0.6) is 5.75 Å². The lowest BCUT2D eigenvalue weighted by molar-refractivity contribution is -0.386. The van der Waals surface area contributed by atoms with Crippen LogP contribution in [0.15, 0.2) is 18.2 Å². The van der Waals surface area contributed by atoms with Crippen molar-refractivity contribution >= 4 is 11.5 Å². The molecule has 1 aromatic carbocycles. The predicted octanol–water partition coefficient (Wildman–Crippen LogP) is 2.48. The van der Waals surface area contributed by atoms with E-state index in [9.17, 15) is 19.3 Å². The molecule has 0 bridgehead atoms. The molecule has 1 rings (SSSR count). The lowest BCUT2D eigenvalue weighted by atomic mass is 10.2. The Morgan fingerprint density at radius 2 is 2.24 bits per heavy atom. The van der Waals surface area contributed by atoms with E-state index < -0.39 is 16.4 Å². The first-order valence-corrected chi connectivity index (χ1v) is 5.13. The molecule has 1 aromatic rings. The highest BCUT2D eigenvalue weighted by atomic mass is 19.1. The number of ketones is 1. The smallest absolute Gasteiger partial charge is 0.313 e. The van der Waals surface area contributed by atoms with E-state index in [4.69, 9.17) is 4.74 Å². The van der Waals surface area contributed by atoms with Crippen LogP contribution in [0.3, 0.4) is 0 Å². The van der Waals surface area contributed by atoms with Gasteiger partial charge in [-0.15, -0.1) is 0 Å². The lowest BCUT2D eigenvalue weighted by Crippen LogP contribution is -2.11. The van der Waals surface area contributed by atoms with Gasteiger partial charge in [0.1, 0.15) is 12.4 Å². The monoisotopic (exact) mass is 241 g/mol. The van der Waals surface area contributed by atoms with Crippen LogP contribution < -0.4 is 4.74 Å². The third-order valence-electron chi connectivity index (χ3n) is 2.04. The van der Waals surface area contributed by atoms with Crippen molar-refractivity contribution in [1.29, 1.82) is 0 Å². The van der Waals surface area contributed by atoms with Crippen molar-refractivity contribution in [3.05, 3.63) is 34.1 Å². The first-order chi connectivity index (χ1) is 8.04. The van der Waals surface area contributed by atoms with Crippen molar-refractivity contribution in [3.63, 3.8) is 0 Å². The second kappa shape index (κ2) is 5.93. The maximum Gasteiger partial charge on any atom is 0.313 e. The Bertz CT molecular complexity index is 433. The van der Waals surface area contributed by atoms with Crippen molar-refractivity contribution in [1.82, 2.24) is 0 Å². The molecule has 92 valence electrons. The minimum atomic E-state index is -0.747. The van der Waals surface area contributed by atoms with Crippen LogP contribution in [0.1, 0.15) is 19.8 Å². The van der Waals surface area contributed by atoms with Crippen LogP contribution in [-0.2, 0) is 4.79 Å². The van der Waals surface area contributed by atoms with E-state index in [2.05, 4.69) is 0 Å². The van der Waals surface area contributed by atoms with Crippen LogP contribution in [0, 0.1) is 15.9 Å². The van der Waals surface area contributed by atoms with Gasteiger partial charge >= 0.3 is 5.69 Å². The maximum atomic E-state index is 12.8. The van der Waals surface area contributed by atoms with E-state index >= 15 is 0 Å². The molecule has 0 saturated carbocycles. The molecule has 0 aliphatic carbocycles. The number of carbonyl (C=O) groups is 1. The SMILES string of the molecule is CCCC(=O)COc1ccc(F)cc1[N+](=O)[O-]. The molecule has 0 N–H and O–H groups in total. The number of halogens is 1. The minimum Gasteiger partial charge on any atom is -0.479 e. The van der Waals surface area contributed by atoms with Crippen LogP contribution in [0.4, 0.5) is 10.1 Å². The van der Waals surface area contributed by atoms with E-state index in [1.165, 1.54) is 0 Å². The standard InChI is InChI=1S/C11H12FNO4/c1-2-3-9(14)7-17-11-5-4-8(12)6-10(11)13(15)16/h4-6H,2-3,7H2,1H3. The highest BCUT2D eigenvalue weighted by Gasteiger charge is 2.16. The number of hydrogen-bond donors (Lipinski definition) is 0. The summed E-state index contributed by atoms with van der Waals surface area (Å²) in [6, 6.07) is 2.96. The van der Waals surface area contributed by atoms with E-state index in [0.717, 1.165) is 18.2 Å². The van der Waals surface area contributed by atoms with Gasteiger partial charge in [-0.3, -0.25) is 14.9 Å². The van der Waals surface area contributed by atoms with Crippen LogP contribution in [-0.4, -0.2) is 17.3 Å². The van der Waals surface area contributed by atoms with Gasteiger partial charge in [0, 0.05) is 6.42 Å². The second-order valence-corrected chi connectivity index (χ2v) is 3.45. The van der Waals surface area contributed by atoms with Gasteiger partial charge in [0.25, 0.3) is 0 Å². The normalized spacial score (nSPS) is 10.0. The lowest BCUT2D eigenvalue weighted by Gasteiger charge is -2.05. The van der Waals surface area contributed by atoms with E-state index in [1.54, 1.807) is 0 Å². The zero-order chi connectivity index (χ0) is 12.8. The molecule has 0 spiro atoms. The second-order valence-electron chi connectivity index (χ2n) is 3.45. The van der Waals surface area contributed by atoms with Gasteiger partial charge in [-0.25, -0.2) is 4.39 Å². The molecule has 5 nitrogen and oxygen atoms in total. The molecule has 0 atom stereocenters.